The molecule has 20 aromatic rings. The number of benzene rings is 18. The fourth-order valence-electron chi connectivity index (χ4n) is 30.0. The van der Waals surface area contributed by atoms with Crippen molar-refractivity contribution in [2.45, 2.75) is 202 Å². The van der Waals surface area contributed by atoms with E-state index in [4.69, 9.17) is 13.1 Å². The topological polar surface area (TPSA) is 47.5 Å². The van der Waals surface area contributed by atoms with Gasteiger partial charge in [0.05, 0.1) is 35.3 Å². The smallest absolute Gasteiger partial charge is 0.189 e. The monoisotopic (exact) mass is 1860 g/mol. The largest absolute Gasteiger partial charge is 0.336 e. The number of anilines is 8. The van der Waals surface area contributed by atoms with Crippen LogP contribution in [-0.2, 0) is 21.7 Å². The standard InChI is InChI=1S/C69H57N5.C67H59N3/c1-66-31-11-13-33-68(66,3)73(50-22-15-20-48(39-50)70-5)62-29-27-45(37-60(62)66)64-53-25-9-10-26-54(53)65(59-42-57-55(47-19-17-35-72-43-47)36-44-18-7-8-24-52(44)56(57)41-58(59)64)46-28-30-63-61(38-46)67(2)32-12-14-34-69(67,4)74(63)51-23-16-21-49(40-51)71-6;1-64-33-15-17-35-66(64,3)69(48-22-7-5-8-23-48)60-31-29-45(39-58(60)64)62-51-27-13-14-28-52(51)63(46-30-32-61-59(40-46)65(2)34-16-18-36-67(65,4)70(61)49-24-9-6-10-25-49)57-42-55-53(47-21-19-37-68-43-47)38-44-20-11-12-26-50(44)54(55)41-56(57)62/h7-10,15-30,35-43H,11-14,31-34H2,1-4H3;5-14,19-32,37-43H,15-18,33-36H2,1-4H3. The van der Waals surface area contributed by atoms with Crippen LogP contribution in [0, 0.1) is 13.1 Å². The summed E-state index contributed by atoms with van der Waals surface area (Å²) in [6, 6.07) is 128. The average Bonchev–Trinajstić information content (AvgIpc) is 1.43. The van der Waals surface area contributed by atoms with Crippen molar-refractivity contribution < 1.29 is 0 Å². The van der Waals surface area contributed by atoms with Crippen molar-refractivity contribution in [2.75, 3.05) is 19.6 Å². The van der Waals surface area contributed by atoms with Crippen LogP contribution in [-0.4, -0.2) is 32.1 Å². The van der Waals surface area contributed by atoms with Gasteiger partial charge in [-0.15, -0.1) is 0 Å². The summed E-state index contributed by atoms with van der Waals surface area (Å²) in [6.07, 6.45) is 26.6. The number of para-hydroxylation sites is 2. The molecule has 8 nitrogen and oxygen atoms in total. The molecule has 4 saturated carbocycles. The first-order valence-corrected chi connectivity index (χ1v) is 52.6. The summed E-state index contributed by atoms with van der Waals surface area (Å²) in [7, 11) is 0. The van der Waals surface area contributed by atoms with E-state index >= 15 is 0 Å². The Morgan fingerprint density at radius 3 is 0.806 bits per heavy atom. The van der Waals surface area contributed by atoms with Gasteiger partial charge in [0.15, 0.2) is 11.4 Å². The first-order chi connectivity index (χ1) is 70.3. The predicted octanol–water partition coefficient (Wildman–Crippen LogP) is 37.5. The quantitative estimate of drug-likeness (QED) is 0.0773. The van der Waals surface area contributed by atoms with Crippen molar-refractivity contribution in [3.05, 3.63) is 410 Å². The third kappa shape index (κ3) is 12.4. The third-order valence-corrected chi connectivity index (χ3v) is 38.0. The second-order valence-electron chi connectivity index (χ2n) is 44.7. The van der Waals surface area contributed by atoms with Gasteiger partial charge < -0.3 is 19.6 Å². The molecule has 8 heteroatoms. The molecule has 144 heavy (non-hydrogen) atoms. The lowest BCUT2D eigenvalue weighted by Gasteiger charge is -2.50. The van der Waals surface area contributed by atoms with Crippen LogP contribution in [0.25, 0.3) is 163 Å². The molecule has 0 radical (unpaired) electrons. The van der Waals surface area contributed by atoms with E-state index in [1.54, 1.807) is 0 Å². The Labute approximate surface area is 845 Å². The number of fused-ring (bicyclic) bond motifs is 22. The van der Waals surface area contributed by atoms with Crippen molar-refractivity contribution in [3.8, 4) is 66.8 Å². The Bertz CT molecular complexity index is 8880. The zero-order valence-electron chi connectivity index (χ0n) is 83.5. The van der Waals surface area contributed by atoms with E-state index in [2.05, 4.69) is 404 Å². The molecule has 2 aromatic heterocycles. The highest BCUT2D eigenvalue weighted by Gasteiger charge is 2.62. The van der Waals surface area contributed by atoms with E-state index in [9.17, 15) is 0 Å². The zero-order valence-corrected chi connectivity index (χ0v) is 83.5. The number of hydrogen-bond donors (Lipinski definition) is 0. The normalized spacial score (nSPS) is 23.3. The molecule has 18 aromatic carbocycles. The summed E-state index contributed by atoms with van der Waals surface area (Å²) < 4.78 is 0. The number of pyridine rings is 2. The molecule has 4 aliphatic heterocycles. The van der Waals surface area contributed by atoms with E-state index in [0.29, 0.717) is 11.4 Å². The Morgan fingerprint density at radius 2 is 0.500 bits per heavy atom. The molecule has 4 fully saturated rings. The van der Waals surface area contributed by atoms with Crippen molar-refractivity contribution in [2.24, 2.45) is 0 Å². The van der Waals surface area contributed by atoms with Crippen LogP contribution in [0.1, 0.15) is 180 Å². The van der Waals surface area contributed by atoms with Gasteiger partial charge in [-0.2, -0.15) is 0 Å². The highest BCUT2D eigenvalue weighted by Crippen LogP contribution is 2.68. The van der Waals surface area contributed by atoms with Crippen LogP contribution >= 0.6 is 0 Å². The van der Waals surface area contributed by atoms with Crippen LogP contribution in [0.5, 0.6) is 0 Å². The van der Waals surface area contributed by atoms with Crippen LogP contribution < -0.4 is 19.6 Å². The van der Waals surface area contributed by atoms with Crippen molar-refractivity contribution in [3.63, 3.8) is 0 Å². The average molecular weight is 1860 g/mol. The molecule has 0 bridgehead atoms. The van der Waals surface area contributed by atoms with Gasteiger partial charge in [0.1, 0.15) is 0 Å². The second kappa shape index (κ2) is 32.5. The van der Waals surface area contributed by atoms with Crippen LogP contribution in [0.3, 0.4) is 0 Å². The van der Waals surface area contributed by atoms with Gasteiger partial charge in [-0.25, -0.2) is 9.69 Å². The first-order valence-electron chi connectivity index (χ1n) is 52.6. The summed E-state index contributed by atoms with van der Waals surface area (Å²) in [6.45, 7) is 36.1. The highest BCUT2D eigenvalue weighted by atomic mass is 15.3. The first kappa shape index (κ1) is 87.5. The Hall–Kier alpha value is -15.5. The maximum atomic E-state index is 7.93. The van der Waals surface area contributed by atoms with Crippen molar-refractivity contribution in [1.29, 1.82) is 0 Å². The number of rotatable bonds is 10. The molecule has 8 aliphatic rings. The van der Waals surface area contributed by atoms with E-state index in [1.165, 1.54) is 275 Å². The molecule has 6 heterocycles. The van der Waals surface area contributed by atoms with Gasteiger partial charge in [-0.1, -0.05) is 273 Å². The Kier molecular flexibility index (Phi) is 19.8. The predicted molar refractivity (Wildman–Crippen MR) is 605 cm³/mol. The Morgan fingerprint density at radius 1 is 0.222 bits per heavy atom. The van der Waals surface area contributed by atoms with Crippen molar-refractivity contribution in [1.82, 2.24) is 9.97 Å². The summed E-state index contributed by atoms with van der Waals surface area (Å²) in [4.78, 5) is 27.7. The number of hydrogen-bond acceptors (Lipinski definition) is 6. The number of nitrogens with zero attached hydrogens (tertiary/aromatic N) is 8. The van der Waals surface area contributed by atoms with Gasteiger partial charge in [-0.05, 0) is 389 Å². The van der Waals surface area contributed by atoms with Crippen LogP contribution in [0.4, 0.5) is 56.9 Å². The number of aromatic nitrogens is 2. The van der Waals surface area contributed by atoms with Gasteiger partial charge in [0.2, 0.25) is 0 Å². The van der Waals surface area contributed by atoms with Gasteiger partial charge in [0, 0.05) is 103 Å². The van der Waals surface area contributed by atoms with E-state index in [1.807, 2.05) is 55.1 Å². The molecule has 0 spiro atoms. The molecule has 0 N–H and O–H groups in total. The zero-order chi connectivity index (χ0) is 97.1. The molecule has 8 unspecified atom stereocenters. The molecule has 4 aliphatic carbocycles. The molecule has 0 amide bonds. The third-order valence-electron chi connectivity index (χ3n) is 38.0. The minimum Gasteiger partial charge on any atom is -0.336 e. The van der Waals surface area contributed by atoms with Gasteiger partial charge in [0.25, 0.3) is 0 Å². The van der Waals surface area contributed by atoms with Crippen LogP contribution in [0.15, 0.2) is 365 Å². The summed E-state index contributed by atoms with van der Waals surface area (Å²) in [5, 5.41) is 20.0. The summed E-state index contributed by atoms with van der Waals surface area (Å²) >= 11 is 0. The lowest BCUT2D eigenvalue weighted by molar-refractivity contribution is 0.195. The highest BCUT2D eigenvalue weighted by molar-refractivity contribution is 6.29. The SMILES string of the molecule is CC12CCCCC1(C)N(c1ccccc1)c1ccc(-c3c4ccccc4c(-c4ccc5c(c4)C4(C)CCCCC4(C)N5c4ccccc4)c4cc5c(cc34)c(-c3cccnc3)cc3ccccc35)cc12.[C-]#[N+]c1cccc(N2c3ccc(-c4c5ccccc5c(-c5ccc6c(c5)C5(C)CCCCC5(C)N6c5cccc([N+]#[C-])c5)c5cc6c(cc45)c(-c4cccnc4)cc4ccccc46)cc3C3(C)CCCCC23C)c1. The molecular formula is C136H116N8. The molecule has 28 rings (SSSR count). The minimum atomic E-state index is -0.162. The maximum absolute atomic E-state index is 7.93. The van der Waals surface area contributed by atoms with Gasteiger partial charge >= 0.3 is 0 Å². The molecule has 0 saturated heterocycles. The van der Waals surface area contributed by atoms with Gasteiger partial charge in [-0.3, -0.25) is 9.97 Å². The Balaban J connectivity index is 0.000000144. The summed E-state index contributed by atoms with van der Waals surface area (Å²) in [5.41, 5.74) is 31.2. The fourth-order valence-corrected chi connectivity index (χ4v) is 30.0. The lowest BCUT2D eigenvalue weighted by Crippen LogP contribution is -2.54. The minimum absolute atomic E-state index is 0.0126. The fraction of sp³-hybridized carbons (Fsp3) is 0.235. The van der Waals surface area contributed by atoms with E-state index in [0.717, 1.165) is 48.2 Å². The lowest BCUT2D eigenvalue weighted by atomic mass is 9.61. The second-order valence-corrected chi connectivity index (χ2v) is 44.7. The molecule has 700 valence electrons. The van der Waals surface area contributed by atoms with Crippen LogP contribution in [0.2, 0.25) is 0 Å². The molecule has 8 atom stereocenters. The van der Waals surface area contributed by atoms with E-state index < -0.39 is 0 Å². The summed E-state index contributed by atoms with van der Waals surface area (Å²) in [5.74, 6) is 0. The van der Waals surface area contributed by atoms with E-state index in [-0.39, 0.29) is 43.8 Å². The van der Waals surface area contributed by atoms with Crippen molar-refractivity contribution >= 4 is 143 Å². The maximum Gasteiger partial charge on any atom is 0.189 e. The molecular weight excluding hydrogens is 1750 g/mol.